The molecule has 2 rings (SSSR count). The van der Waals surface area contributed by atoms with Crippen LogP contribution in [0, 0.1) is 0 Å². The molecule has 0 fully saturated rings. The van der Waals surface area contributed by atoms with Crippen molar-refractivity contribution >= 4 is 0 Å². The fraction of sp³-hybridized carbons (Fsp3) is 0.286. The van der Waals surface area contributed by atoms with Crippen LogP contribution in [0.3, 0.4) is 0 Å². The number of hydrogen-bond acceptors (Lipinski definition) is 4. The minimum absolute atomic E-state index is 0.0706. The van der Waals surface area contributed by atoms with Crippen LogP contribution in [0.5, 0.6) is 0 Å². The normalized spacial score (nSPS) is 10.4. The van der Waals surface area contributed by atoms with Crippen LogP contribution in [0.4, 0.5) is 0 Å². The van der Waals surface area contributed by atoms with Crippen molar-refractivity contribution in [2.24, 2.45) is 0 Å². The molecule has 2 aromatic rings. The van der Waals surface area contributed by atoms with Crippen molar-refractivity contribution in [3.63, 3.8) is 0 Å². The zero-order valence-corrected chi connectivity index (χ0v) is 11.3. The third-order valence-corrected chi connectivity index (χ3v) is 2.73. The lowest BCUT2D eigenvalue weighted by atomic mass is 10.2. The largest absolute Gasteiger partial charge is 0.356 e. The highest BCUT2D eigenvalue weighted by Crippen LogP contribution is 2.00. The number of benzene rings is 1. The third kappa shape index (κ3) is 3.36. The molecule has 0 amide bonds. The Labute approximate surface area is 116 Å². The van der Waals surface area contributed by atoms with Crippen LogP contribution in [0.1, 0.15) is 12.5 Å². The highest BCUT2D eigenvalue weighted by atomic mass is 16.5. The predicted molar refractivity (Wildman–Crippen MR) is 76.1 cm³/mol. The highest BCUT2D eigenvalue weighted by Gasteiger charge is 2.04. The minimum Gasteiger partial charge on any atom is -0.356 e. The number of nitrogens with one attached hydrogen (secondary N) is 1. The van der Waals surface area contributed by atoms with Gasteiger partial charge in [-0.3, -0.25) is 4.79 Å². The quantitative estimate of drug-likeness (QED) is 0.845. The number of rotatable bonds is 6. The Morgan fingerprint density at radius 2 is 1.90 bits per heavy atom. The molecule has 0 aliphatic heterocycles. The molecular formula is C14H17N3O3. The lowest BCUT2D eigenvalue weighted by Crippen LogP contribution is -2.42. The third-order valence-electron chi connectivity index (χ3n) is 2.73. The first-order valence-corrected chi connectivity index (χ1v) is 6.40. The lowest BCUT2D eigenvalue weighted by Gasteiger charge is -2.10. The molecule has 0 aliphatic rings. The Hall–Kier alpha value is -2.34. The van der Waals surface area contributed by atoms with E-state index in [1.54, 1.807) is 0 Å². The predicted octanol–water partition coefficient (Wildman–Crippen LogP) is 0.748. The molecule has 1 aromatic carbocycles. The summed E-state index contributed by atoms with van der Waals surface area (Å²) < 4.78 is 7.74. The van der Waals surface area contributed by atoms with Crippen LogP contribution in [0.25, 0.3) is 0 Å². The smallest absolute Gasteiger partial charge is 0.351 e. The molecule has 0 spiro atoms. The van der Waals surface area contributed by atoms with Gasteiger partial charge in [0.05, 0.1) is 6.61 Å². The molecule has 0 unspecified atom stereocenters. The zero-order chi connectivity index (χ0) is 14.4. The number of hydrogen-bond donors (Lipinski definition) is 1. The minimum atomic E-state index is -0.438. The Bertz CT molecular complexity index is 661. The van der Waals surface area contributed by atoms with Crippen molar-refractivity contribution in [3.8, 4) is 0 Å². The molecule has 1 N–H and O–H groups in total. The molecule has 6 heteroatoms. The average Bonchev–Trinajstić information content (AvgIpc) is 2.47. The van der Waals surface area contributed by atoms with Crippen molar-refractivity contribution < 1.29 is 4.74 Å². The van der Waals surface area contributed by atoms with E-state index in [4.69, 9.17) is 4.74 Å². The van der Waals surface area contributed by atoms with E-state index in [9.17, 15) is 9.59 Å². The Balaban J connectivity index is 2.07. The van der Waals surface area contributed by atoms with Gasteiger partial charge < -0.3 is 10.2 Å². The van der Waals surface area contributed by atoms with E-state index in [1.807, 2.05) is 37.3 Å². The number of nitrogens with zero attached hydrogens (tertiary/aromatic N) is 2. The van der Waals surface area contributed by atoms with E-state index in [0.29, 0.717) is 13.2 Å². The number of aromatic nitrogens is 2. The molecule has 6 nitrogen and oxygen atoms in total. The van der Waals surface area contributed by atoms with E-state index in [0.717, 1.165) is 10.1 Å². The van der Waals surface area contributed by atoms with Crippen LogP contribution in [0.15, 0.2) is 52.2 Å². The summed E-state index contributed by atoms with van der Waals surface area (Å²) in [5.41, 5.74) is 3.01. The topological polar surface area (TPSA) is 65.3 Å². The van der Waals surface area contributed by atoms with E-state index in [1.165, 1.54) is 16.9 Å². The Morgan fingerprint density at radius 3 is 2.60 bits per heavy atom. The highest BCUT2D eigenvalue weighted by molar-refractivity contribution is 5.13. The molecule has 20 heavy (non-hydrogen) atoms. The monoisotopic (exact) mass is 275 g/mol. The van der Waals surface area contributed by atoms with Crippen molar-refractivity contribution in [2.45, 2.75) is 20.3 Å². The van der Waals surface area contributed by atoms with Gasteiger partial charge in [-0.05, 0) is 12.5 Å². The molecule has 0 atom stereocenters. The molecule has 0 saturated carbocycles. The van der Waals surface area contributed by atoms with Crippen molar-refractivity contribution in [3.05, 3.63) is 69.0 Å². The molecule has 0 radical (unpaired) electrons. The standard InChI is InChI=1S/C14H17N3O3/c1-2-15-17-9-8-13(18)16(14(17)19)11-20-10-12-6-4-3-5-7-12/h3-9,15H,2,10-11H2,1H3. The molecule has 106 valence electrons. The van der Waals surface area contributed by atoms with Gasteiger partial charge in [0, 0.05) is 18.8 Å². The second kappa shape index (κ2) is 6.72. The Morgan fingerprint density at radius 1 is 1.15 bits per heavy atom. The summed E-state index contributed by atoms with van der Waals surface area (Å²) in [6.07, 6.45) is 1.42. The Kier molecular flexibility index (Phi) is 4.73. The van der Waals surface area contributed by atoms with Gasteiger partial charge in [0.15, 0.2) is 0 Å². The van der Waals surface area contributed by atoms with Crippen LogP contribution < -0.4 is 16.7 Å². The summed E-state index contributed by atoms with van der Waals surface area (Å²) in [5, 5.41) is 0. The number of ether oxygens (including phenoxy) is 1. The maximum atomic E-state index is 12.0. The van der Waals surface area contributed by atoms with Crippen molar-refractivity contribution in [2.75, 3.05) is 12.0 Å². The first-order chi connectivity index (χ1) is 9.72. The summed E-state index contributed by atoms with van der Waals surface area (Å²) in [6, 6.07) is 10.9. The van der Waals surface area contributed by atoms with Gasteiger partial charge in [-0.15, -0.1) is 0 Å². The maximum Gasteiger partial charge on any atom is 0.351 e. The summed E-state index contributed by atoms with van der Waals surface area (Å²) in [5.74, 6) is 0. The molecule has 0 aliphatic carbocycles. The van der Waals surface area contributed by atoms with Crippen molar-refractivity contribution in [1.82, 2.24) is 9.24 Å². The second-order valence-electron chi connectivity index (χ2n) is 4.21. The van der Waals surface area contributed by atoms with Gasteiger partial charge in [0.1, 0.15) is 6.73 Å². The first kappa shape index (κ1) is 14.1. The summed E-state index contributed by atoms with van der Waals surface area (Å²) >= 11 is 0. The zero-order valence-electron chi connectivity index (χ0n) is 11.3. The first-order valence-electron chi connectivity index (χ1n) is 6.40. The van der Waals surface area contributed by atoms with Gasteiger partial charge in [-0.25, -0.2) is 14.0 Å². The molecular weight excluding hydrogens is 258 g/mol. The van der Waals surface area contributed by atoms with Gasteiger partial charge in [0.2, 0.25) is 0 Å². The van der Waals surface area contributed by atoms with Gasteiger partial charge in [-0.1, -0.05) is 30.3 Å². The fourth-order valence-corrected chi connectivity index (χ4v) is 1.75. The van der Waals surface area contributed by atoms with Crippen LogP contribution in [-0.2, 0) is 18.1 Å². The lowest BCUT2D eigenvalue weighted by molar-refractivity contribution is 0.0581. The van der Waals surface area contributed by atoms with Gasteiger partial charge >= 0.3 is 5.69 Å². The van der Waals surface area contributed by atoms with E-state index < -0.39 is 5.69 Å². The molecule has 1 aromatic heterocycles. The average molecular weight is 275 g/mol. The molecule has 0 bridgehead atoms. The van der Waals surface area contributed by atoms with E-state index >= 15 is 0 Å². The molecule has 1 heterocycles. The summed E-state index contributed by atoms with van der Waals surface area (Å²) in [6.45, 7) is 2.73. The van der Waals surface area contributed by atoms with Crippen LogP contribution in [-0.4, -0.2) is 15.8 Å². The van der Waals surface area contributed by atoms with E-state index in [-0.39, 0.29) is 12.3 Å². The maximum absolute atomic E-state index is 12.0. The summed E-state index contributed by atoms with van der Waals surface area (Å²) in [4.78, 5) is 23.7. The van der Waals surface area contributed by atoms with Gasteiger partial charge in [-0.2, -0.15) is 0 Å². The molecule has 0 saturated heterocycles. The second-order valence-corrected chi connectivity index (χ2v) is 4.21. The van der Waals surface area contributed by atoms with Gasteiger partial charge in [0.25, 0.3) is 5.56 Å². The fourth-order valence-electron chi connectivity index (χ4n) is 1.75. The van der Waals surface area contributed by atoms with Crippen LogP contribution in [0.2, 0.25) is 0 Å². The van der Waals surface area contributed by atoms with Crippen LogP contribution >= 0.6 is 0 Å². The van der Waals surface area contributed by atoms with Crippen molar-refractivity contribution in [1.29, 1.82) is 0 Å². The SMILES string of the molecule is CCNn1ccc(=O)n(COCc2ccccc2)c1=O. The summed E-state index contributed by atoms with van der Waals surface area (Å²) in [7, 11) is 0. The van der Waals surface area contributed by atoms with E-state index in [2.05, 4.69) is 5.43 Å².